The quantitative estimate of drug-likeness (QED) is 0.260. The van der Waals surface area contributed by atoms with Crippen LogP contribution in [0.4, 0.5) is 0 Å². The van der Waals surface area contributed by atoms with Crippen LogP contribution in [0.15, 0.2) is 23.3 Å². The van der Waals surface area contributed by atoms with E-state index in [9.17, 15) is 19.8 Å². The summed E-state index contributed by atoms with van der Waals surface area (Å²) in [6.07, 6.45) is 9.65. The highest BCUT2D eigenvalue weighted by atomic mass is 16.3. The second kappa shape index (κ2) is 12.7. The molecule has 0 aliphatic carbocycles. The zero-order valence-electron chi connectivity index (χ0n) is 15.3. The summed E-state index contributed by atoms with van der Waals surface area (Å²) in [6, 6.07) is 4.03. The van der Waals surface area contributed by atoms with Crippen LogP contribution < -0.4 is 10.7 Å². The Morgan fingerprint density at radius 3 is 2.42 bits per heavy atom. The summed E-state index contributed by atoms with van der Waals surface area (Å²) in [4.78, 5) is 23.3. The zero-order chi connectivity index (χ0) is 19.2. The maximum atomic E-state index is 11.7. The van der Waals surface area contributed by atoms with E-state index in [1.165, 1.54) is 50.1 Å². The number of unbranched alkanes of at least 4 members (excludes halogenated alkanes) is 6. The molecule has 0 unspecified atom stereocenters. The monoisotopic (exact) mass is 363 g/mol. The number of phenolic OH excluding ortho intramolecular Hbond substituents is 2. The molecule has 144 valence electrons. The van der Waals surface area contributed by atoms with E-state index in [2.05, 4.69) is 22.8 Å². The van der Waals surface area contributed by atoms with Gasteiger partial charge in [-0.1, -0.05) is 45.4 Å². The Hall–Kier alpha value is -2.57. The van der Waals surface area contributed by atoms with Crippen molar-refractivity contribution in [2.24, 2.45) is 5.10 Å². The SMILES string of the molecule is CCCCCCCCCC(=O)NCC(=O)N/N=C\c1ccc(O)cc1O. The highest BCUT2D eigenvalue weighted by molar-refractivity contribution is 5.87. The molecule has 1 aromatic rings. The summed E-state index contributed by atoms with van der Waals surface area (Å²) >= 11 is 0. The molecule has 0 fully saturated rings. The van der Waals surface area contributed by atoms with Crippen molar-refractivity contribution in [3.8, 4) is 11.5 Å². The molecule has 0 radical (unpaired) electrons. The van der Waals surface area contributed by atoms with Gasteiger partial charge in [0.15, 0.2) is 0 Å². The minimum Gasteiger partial charge on any atom is -0.508 e. The molecule has 0 atom stereocenters. The number of benzene rings is 1. The van der Waals surface area contributed by atoms with E-state index in [4.69, 9.17) is 0 Å². The molecule has 0 aliphatic heterocycles. The minimum absolute atomic E-state index is 0.0626. The highest BCUT2D eigenvalue weighted by Crippen LogP contribution is 2.20. The molecule has 0 bridgehead atoms. The molecule has 26 heavy (non-hydrogen) atoms. The molecule has 0 aromatic heterocycles. The zero-order valence-corrected chi connectivity index (χ0v) is 15.3. The number of nitrogens with zero attached hydrogens (tertiary/aromatic N) is 1. The normalized spacial score (nSPS) is 10.8. The number of phenols is 2. The predicted molar refractivity (Wildman–Crippen MR) is 101 cm³/mol. The molecule has 0 aliphatic rings. The molecule has 2 amide bonds. The van der Waals surface area contributed by atoms with Crippen LogP contribution in [0.2, 0.25) is 0 Å². The Bertz CT molecular complexity index is 602. The Morgan fingerprint density at radius 1 is 1.04 bits per heavy atom. The summed E-state index contributed by atoms with van der Waals surface area (Å²) in [7, 11) is 0. The third-order valence-corrected chi connectivity index (χ3v) is 3.86. The van der Waals surface area contributed by atoms with Gasteiger partial charge in [0.25, 0.3) is 5.91 Å². The van der Waals surface area contributed by atoms with Crippen molar-refractivity contribution < 1.29 is 19.8 Å². The van der Waals surface area contributed by atoms with Gasteiger partial charge >= 0.3 is 0 Å². The summed E-state index contributed by atoms with van der Waals surface area (Å²) in [5.41, 5.74) is 2.62. The summed E-state index contributed by atoms with van der Waals surface area (Å²) in [6.45, 7) is 2.04. The lowest BCUT2D eigenvalue weighted by Gasteiger charge is -2.04. The van der Waals surface area contributed by atoms with Crippen molar-refractivity contribution in [2.75, 3.05) is 6.54 Å². The number of carbonyl (C=O) groups excluding carboxylic acids is 2. The first kappa shape index (κ1) is 21.5. The van der Waals surface area contributed by atoms with E-state index in [1.54, 1.807) is 0 Å². The lowest BCUT2D eigenvalue weighted by Crippen LogP contribution is -2.34. The second-order valence-electron chi connectivity index (χ2n) is 6.18. The molecule has 0 spiro atoms. The fraction of sp³-hybridized carbons (Fsp3) is 0.526. The number of hydrogen-bond acceptors (Lipinski definition) is 5. The average Bonchev–Trinajstić information content (AvgIpc) is 2.61. The summed E-state index contributed by atoms with van der Waals surface area (Å²) < 4.78 is 0. The van der Waals surface area contributed by atoms with Crippen LogP contribution in [0.3, 0.4) is 0 Å². The topological polar surface area (TPSA) is 111 Å². The lowest BCUT2D eigenvalue weighted by molar-refractivity contribution is -0.126. The van der Waals surface area contributed by atoms with Gasteiger partial charge < -0.3 is 15.5 Å². The van der Waals surface area contributed by atoms with Crippen LogP contribution >= 0.6 is 0 Å². The first-order valence-corrected chi connectivity index (χ1v) is 9.13. The number of hydrogen-bond donors (Lipinski definition) is 4. The van der Waals surface area contributed by atoms with Gasteiger partial charge in [-0.2, -0.15) is 5.10 Å². The number of hydrazone groups is 1. The van der Waals surface area contributed by atoms with Crippen molar-refractivity contribution in [3.63, 3.8) is 0 Å². The Balaban J connectivity index is 2.13. The minimum atomic E-state index is -0.451. The number of carbonyl (C=O) groups is 2. The number of amides is 2. The largest absolute Gasteiger partial charge is 0.508 e. The van der Waals surface area contributed by atoms with Crippen LogP contribution in [0.5, 0.6) is 11.5 Å². The predicted octanol–water partition coefficient (Wildman–Crippen LogP) is 2.80. The number of nitrogens with one attached hydrogen (secondary N) is 2. The summed E-state index contributed by atoms with van der Waals surface area (Å²) in [5.74, 6) is -0.806. The van der Waals surface area contributed by atoms with Gasteiger partial charge in [0.2, 0.25) is 5.91 Å². The molecule has 0 saturated carbocycles. The number of aromatic hydroxyl groups is 2. The molecular weight excluding hydrogens is 334 g/mol. The van der Waals surface area contributed by atoms with Gasteiger partial charge in [0.05, 0.1) is 12.8 Å². The van der Waals surface area contributed by atoms with Crippen molar-refractivity contribution in [1.29, 1.82) is 0 Å². The molecule has 0 heterocycles. The number of rotatable bonds is 12. The maximum Gasteiger partial charge on any atom is 0.259 e. The van der Waals surface area contributed by atoms with Gasteiger partial charge in [-0.25, -0.2) is 5.43 Å². The Labute approximate surface area is 154 Å². The van der Waals surface area contributed by atoms with Gasteiger partial charge in [0, 0.05) is 18.1 Å². The van der Waals surface area contributed by atoms with Crippen LogP contribution in [0.1, 0.15) is 63.9 Å². The maximum absolute atomic E-state index is 11.7. The smallest absolute Gasteiger partial charge is 0.259 e. The van der Waals surface area contributed by atoms with E-state index in [1.807, 2.05) is 0 Å². The Kier molecular flexibility index (Phi) is 10.5. The summed E-state index contributed by atoms with van der Waals surface area (Å²) in [5, 5.41) is 25.0. The molecule has 7 nitrogen and oxygen atoms in total. The van der Waals surface area contributed by atoms with E-state index < -0.39 is 5.91 Å². The molecular formula is C19H29N3O4. The van der Waals surface area contributed by atoms with Gasteiger partial charge in [-0.05, 0) is 18.6 Å². The van der Waals surface area contributed by atoms with Crippen LogP contribution in [-0.4, -0.2) is 34.8 Å². The first-order valence-electron chi connectivity index (χ1n) is 9.13. The van der Waals surface area contributed by atoms with Gasteiger partial charge in [-0.3, -0.25) is 9.59 Å². The van der Waals surface area contributed by atoms with E-state index in [-0.39, 0.29) is 24.0 Å². The lowest BCUT2D eigenvalue weighted by atomic mass is 10.1. The van der Waals surface area contributed by atoms with E-state index >= 15 is 0 Å². The molecule has 1 rings (SSSR count). The molecule has 7 heteroatoms. The van der Waals surface area contributed by atoms with Crippen molar-refractivity contribution in [2.45, 2.75) is 58.3 Å². The van der Waals surface area contributed by atoms with Crippen LogP contribution in [0, 0.1) is 0 Å². The average molecular weight is 363 g/mol. The van der Waals surface area contributed by atoms with Crippen LogP contribution in [-0.2, 0) is 9.59 Å². The standard InChI is InChI=1S/C19H29N3O4/c1-2-3-4-5-6-7-8-9-18(25)20-14-19(26)22-21-13-15-10-11-16(23)12-17(15)24/h10-13,23-24H,2-9,14H2,1H3,(H,20,25)(H,22,26)/b21-13-. The molecule has 1 aromatic carbocycles. The highest BCUT2D eigenvalue weighted by Gasteiger charge is 2.05. The van der Waals surface area contributed by atoms with Crippen molar-refractivity contribution in [3.05, 3.63) is 23.8 Å². The van der Waals surface area contributed by atoms with Crippen molar-refractivity contribution >= 4 is 18.0 Å². The molecule has 0 saturated heterocycles. The van der Waals surface area contributed by atoms with E-state index in [0.29, 0.717) is 12.0 Å². The molecule has 4 N–H and O–H groups in total. The van der Waals surface area contributed by atoms with Crippen LogP contribution in [0.25, 0.3) is 0 Å². The fourth-order valence-corrected chi connectivity index (χ4v) is 2.36. The van der Waals surface area contributed by atoms with E-state index in [0.717, 1.165) is 19.3 Å². The fourth-order valence-electron chi connectivity index (χ4n) is 2.36. The Morgan fingerprint density at radius 2 is 1.73 bits per heavy atom. The third-order valence-electron chi connectivity index (χ3n) is 3.86. The first-order chi connectivity index (χ1) is 12.5. The second-order valence-corrected chi connectivity index (χ2v) is 6.18. The van der Waals surface area contributed by atoms with Gasteiger partial charge in [0.1, 0.15) is 11.5 Å². The third kappa shape index (κ3) is 9.66. The van der Waals surface area contributed by atoms with Gasteiger partial charge in [-0.15, -0.1) is 0 Å². The van der Waals surface area contributed by atoms with Crippen molar-refractivity contribution in [1.82, 2.24) is 10.7 Å².